The van der Waals surface area contributed by atoms with Gasteiger partial charge in [0.2, 0.25) is 11.8 Å². The Hall–Kier alpha value is -3.35. The fourth-order valence-electron chi connectivity index (χ4n) is 4.86. The molecule has 5 rings (SSSR count). The zero-order valence-electron chi connectivity index (χ0n) is 16.7. The molecule has 3 amide bonds. The predicted molar refractivity (Wildman–Crippen MR) is 110 cm³/mol. The van der Waals surface area contributed by atoms with E-state index in [4.69, 9.17) is 4.74 Å². The molecule has 7 heteroatoms. The van der Waals surface area contributed by atoms with Gasteiger partial charge in [-0.15, -0.1) is 0 Å². The van der Waals surface area contributed by atoms with E-state index < -0.39 is 12.0 Å². The summed E-state index contributed by atoms with van der Waals surface area (Å²) in [5.74, 6) is -0.760. The monoisotopic (exact) mass is 405 g/mol. The molecule has 0 spiro atoms. The van der Waals surface area contributed by atoms with Gasteiger partial charge in [-0.25, -0.2) is 4.79 Å². The average Bonchev–Trinajstić information content (AvgIpc) is 3.28. The van der Waals surface area contributed by atoms with Gasteiger partial charge in [-0.1, -0.05) is 48.5 Å². The fourth-order valence-corrected chi connectivity index (χ4v) is 4.86. The number of fused-ring (bicyclic) bond motifs is 4. The van der Waals surface area contributed by atoms with Gasteiger partial charge < -0.3 is 19.9 Å². The Kier molecular flexibility index (Phi) is 4.46. The number of nitrogens with one attached hydrogen (secondary N) is 1. The number of carbonyl (C=O) groups is 3. The van der Waals surface area contributed by atoms with Gasteiger partial charge in [0.1, 0.15) is 6.61 Å². The predicted octanol–water partition coefficient (Wildman–Crippen LogP) is 1.82. The van der Waals surface area contributed by atoms with Gasteiger partial charge in [0.25, 0.3) is 0 Å². The fraction of sp³-hybridized carbons (Fsp3) is 0.348. The van der Waals surface area contributed by atoms with Crippen LogP contribution >= 0.6 is 0 Å². The number of likely N-dealkylation sites (tertiary alicyclic amines) is 1. The van der Waals surface area contributed by atoms with Gasteiger partial charge in [0.15, 0.2) is 0 Å². The molecule has 2 aromatic carbocycles. The molecule has 1 aliphatic carbocycles. The largest absolute Gasteiger partial charge is 0.448 e. The van der Waals surface area contributed by atoms with Crippen molar-refractivity contribution in [3.63, 3.8) is 0 Å². The third-order valence-corrected chi connectivity index (χ3v) is 6.33. The number of hydrogen-bond donors (Lipinski definition) is 1. The van der Waals surface area contributed by atoms with Gasteiger partial charge in [-0.3, -0.25) is 9.59 Å². The second kappa shape index (κ2) is 7.16. The van der Waals surface area contributed by atoms with Crippen LogP contribution < -0.4 is 5.32 Å². The summed E-state index contributed by atoms with van der Waals surface area (Å²) in [7, 11) is 1.61. The first kappa shape index (κ1) is 18.7. The van der Waals surface area contributed by atoms with Crippen molar-refractivity contribution in [2.24, 2.45) is 5.92 Å². The summed E-state index contributed by atoms with van der Waals surface area (Å²) in [6.45, 7) is 0.827. The van der Waals surface area contributed by atoms with Crippen LogP contribution in [0.5, 0.6) is 0 Å². The van der Waals surface area contributed by atoms with Crippen LogP contribution in [0.4, 0.5) is 4.79 Å². The lowest BCUT2D eigenvalue weighted by Crippen LogP contribution is -2.41. The SMILES string of the molecule is CN1CC(=O)N[C@@H]2CN(C(=O)OCC3c4ccccc4-c4ccccc43)C[C@@H]2C1=O. The molecule has 0 bridgehead atoms. The third-order valence-electron chi connectivity index (χ3n) is 6.33. The second-order valence-electron chi connectivity index (χ2n) is 8.18. The molecule has 2 fully saturated rings. The van der Waals surface area contributed by atoms with E-state index >= 15 is 0 Å². The molecule has 3 aliphatic rings. The number of nitrogens with zero attached hydrogens (tertiary/aromatic N) is 2. The lowest BCUT2D eigenvalue weighted by atomic mass is 9.98. The minimum atomic E-state index is -0.449. The quantitative estimate of drug-likeness (QED) is 0.827. The summed E-state index contributed by atoms with van der Waals surface area (Å²) >= 11 is 0. The highest BCUT2D eigenvalue weighted by Gasteiger charge is 2.44. The van der Waals surface area contributed by atoms with E-state index in [1.165, 1.54) is 20.9 Å². The molecule has 2 atom stereocenters. The zero-order valence-corrected chi connectivity index (χ0v) is 16.7. The van der Waals surface area contributed by atoms with E-state index in [1.807, 2.05) is 24.3 Å². The highest BCUT2D eigenvalue weighted by molar-refractivity contribution is 5.90. The topological polar surface area (TPSA) is 79.0 Å². The molecule has 0 aromatic heterocycles. The highest BCUT2D eigenvalue weighted by Crippen LogP contribution is 2.44. The number of amides is 3. The maximum Gasteiger partial charge on any atom is 0.409 e. The van der Waals surface area contributed by atoms with Gasteiger partial charge in [-0.2, -0.15) is 0 Å². The van der Waals surface area contributed by atoms with Gasteiger partial charge >= 0.3 is 6.09 Å². The van der Waals surface area contributed by atoms with Crippen LogP contribution in [0.1, 0.15) is 17.0 Å². The smallest absolute Gasteiger partial charge is 0.409 e. The normalized spacial score (nSPS) is 22.8. The maximum atomic E-state index is 12.8. The van der Waals surface area contributed by atoms with Crippen LogP contribution in [0.3, 0.4) is 0 Å². The molecular formula is C23H23N3O4. The molecule has 1 N–H and O–H groups in total. The summed E-state index contributed by atoms with van der Waals surface area (Å²) in [5.41, 5.74) is 4.66. The minimum Gasteiger partial charge on any atom is -0.448 e. The highest BCUT2D eigenvalue weighted by atomic mass is 16.6. The molecule has 154 valence electrons. The summed E-state index contributed by atoms with van der Waals surface area (Å²) in [6, 6.07) is 16.0. The van der Waals surface area contributed by atoms with Crippen molar-refractivity contribution in [1.29, 1.82) is 0 Å². The van der Waals surface area contributed by atoms with Crippen molar-refractivity contribution in [3.05, 3.63) is 59.7 Å². The zero-order chi connectivity index (χ0) is 20.8. The molecule has 7 nitrogen and oxygen atoms in total. The van der Waals surface area contributed by atoms with Crippen molar-refractivity contribution in [2.75, 3.05) is 33.3 Å². The average molecular weight is 405 g/mol. The first-order valence-corrected chi connectivity index (χ1v) is 10.2. The molecule has 30 heavy (non-hydrogen) atoms. The van der Waals surface area contributed by atoms with Gasteiger partial charge in [0, 0.05) is 26.1 Å². The number of likely N-dealkylation sites (N-methyl/N-ethyl adjacent to an activating group) is 1. The number of ether oxygens (including phenoxy) is 1. The number of carbonyl (C=O) groups excluding carboxylic acids is 3. The van der Waals surface area contributed by atoms with Crippen molar-refractivity contribution in [2.45, 2.75) is 12.0 Å². The van der Waals surface area contributed by atoms with E-state index in [0.29, 0.717) is 0 Å². The van der Waals surface area contributed by atoms with Crippen LogP contribution in [0.15, 0.2) is 48.5 Å². The van der Waals surface area contributed by atoms with Crippen molar-refractivity contribution in [1.82, 2.24) is 15.1 Å². The Labute approximate surface area is 174 Å². The van der Waals surface area contributed by atoms with Crippen LogP contribution in [-0.2, 0) is 14.3 Å². The third kappa shape index (κ3) is 3.01. The summed E-state index contributed by atoms with van der Waals surface area (Å²) < 4.78 is 5.70. The molecule has 2 aliphatic heterocycles. The van der Waals surface area contributed by atoms with Gasteiger partial charge in [0.05, 0.1) is 18.5 Å². The maximum absolute atomic E-state index is 12.8. The standard InChI is InChI=1S/C23H23N3O4/c1-25-12-21(27)24-20-11-26(10-18(20)22(25)28)23(29)30-13-19-16-8-4-2-6-14(16)15-7-3-5-9-17(15)19/h2-9,18-20H,10-13H2,1H3,(H,24,27)/t18-,20+/m0/s1. The Balaban J connectivity index is 1.30. The second-order valence-corrected chi connectivity index (χ2v) is 8.18. The van der Waals surface area contributed by atoms with Crippen LogP contribution in [0, 0.1) is 5.92 Å². The summed E-state index contributed by atoms with van der Waals surface area (Å²) in [4.78, 5) is 40.2. The number of hydrogen-bond acceptors (Lipinski definition) is 4. The van der Waals surface area contributed by atoms with E-state index in [9.17, 15) is 14.4 Å². The van der Waals surface area contributed by atoms with Crippen molar-refractivity contribution in [3.8, 4) is 11.1 Å². The number of benzene rings is 2. The van der Waals surface area contributed by atoms with E-state index in [-0.39, 0.29) is 50.0 Å². The Morgan fingerprint density at radius 3 is 2.33 bits per heavy atom. The Morgan fingerprint density at radius 1 is 1.03 bits per heavy atom. The van der Waals surface area contributed by atoms with Crippen LogP contribution in [-0.4, -0.2) is 67.0 Å². The van der Waals surface area contributed by atoms with Crippen LogP contribution in [0.25, 0.3) is 11.1 Å². The van der Waals surface area contributed by atoms with Crippen molar-refractivity contribution >= 4 is 17.9 Å². The molecule has 0 unspecified atom stereocenters. The molecule has 2 heterocycles. The lowest BCUT2D eigenvalue weighted by Gasteiger charge is -2.20. The Bertz CT molecular complexity index is 991. The Morgan fingerprint density at radius 2 is 1.67 bits per heavy atom. The molecular weight excluding hydrogens is 382 g/mol. The molecule has 2 aromatic rings. The molecule has 0 radical (unpaired) electrons. The summed E-state index contributed by atoms with van der Waals surface area (Å²) in [6.07, 6.45) is -0.449. The first-order valence-electron chi connectivity index (χ1n) is 10.2. The number of rotatable bonds is 2. The van der Waals surface area contributed by atoms with E-state index in [2.05, 4.69) is 29.6 Å². The van der Waals surface area contributed by atoms with Crippen LogP contribution in [0.2, 0.25) is 0 Å². The minimum absolute atomic E-state index is 0.0121. The molecule has 0 saturated carbocycles. The summed E-state index contributed by atoms with van der Waals surface area (Å²) in [5, 5.41) is 2.86. The lowest BCUT2D eigenvalue weighted by molar-refractivity contribution is -0.135. The van der Waals surface area contributed by atoms with Gasteiger partial charge in [-0.05, 0) is 22.3 Å². The first-order chi connectivity index (χ1) is 14.5. The van der Waals surface area contributed by atoms with E-state index in [0.717, 1.165) is 11.1 Å². The van der Waals surface area contributed by atoms with Crippen molar-refractivity contribution < 1.29 is 19.1 Å². The van der Waals surface area contributed by atoms with E-state index in [1.54, 1.807) is 7.05 Å². The molecule has 2 saturated heterocycles.